The molecule has 2 rings (SSSR count). The van der Waals surface area contributed by atoms with Gasteiger partial charge in [0, 0.05) is 39.8 Å². The number of nitrogen functional groups attached to an aromatic ring is 1. The van der Waals surface area contributed by atoms with Crippen molar-refractivity contribution in [2.45, 2.75) is 27.2 Å². The minimum Gasteiger partial charge on any atom is -0.395 e. The van der Waals surface area contributed by atoms with Crippen molar-refractivity contribution in [1.82, 2.24) is 19.6 Å². The second kappa shape index (κ2) is 6.47. The van der Waals surface area contributed by atoms with Gasteiger partial charge in [0.05, 0.1) is 11.4 Å². The highest BCUT2D eigenvalue weighted by Gasteiger charge is 2.27. The van der Waals surface area contributed by atoms with Crippen LogP contribution in [0.5, 0.6) is 0 Å². The fourth-order valence-corrected chi connectivity index (χ4v) is 2.91. The van der Waals surface area contributed by atoms with Gasteiger partial charge in [0.1, 0.15) is 5.69 Å². The molecule has 0 atom stereocenters. The highest BCUT2D eigenvalue weighted by molar-refractivity contribution is 5.98. The van der Waals surface area contributed by atoms with Gasteiger partial charge in [-0.25, -0.2) is 0 Å². The maximum atomic E-state index is 12.7. The number of carbonyl (C=O) groups is 1. The van der Waals surface area contributed by atoms with Crippen molar-refractivity contribution in [2.75, 3.05) is 38.5 Å². The van der Waals surface area contributed by atoms with E-state index in [0.29, 0.717) is 17.3 Å². The Balaban J connectivity index is 2.04. The molecule has 2 N–H and O–H groups in total. The topological polar surface area (TPSA) is 67.4 Å². The molecule has 0 aromatic carbocycles. The molecular formula is C15H27N5O. The van der Waals surface area contributed by atoms with E-state index in [0.717, 1.165) is 44.8 Å². The Bertz CT molecular complexity index is 500. The second-order valence-corrected chi connectivity index (χ2v) is 6.17. The summed E-state index contributed by atoms with van der Waals surface area (Å²) in [5.41, 5.74) is 7.95. The van der Waals surface area contributed by atoms with Crippen LogP contribution in [0.4, 0.5) is 5.69 Å². The molecule has 1 aliphatic heterocycles. The van der Waals surface area contributed by atoms with Crippen LogP contribution in [0.25, 0.3) is 0 Å². The number of aryl methyl sites for hydroxylation is 2. The summed E-state index contributed by atoms with van der Waals surface area (Å²) in [5, 5.41) is 4.33. The molecule has 6 nitrogen and oxygen atoms in total. The zero-order valence-corrected chi connectivity index (χ0v) is 13.6. The van der Waals surface area contributed by atoms with E-state index in [1.165, 1.54) is 0 Å². The predicted octanol–water partition coefficient (Wildman–Crippen LogP) is 0.979. The van der Waals surface area contributed by atoms with Crippen LogP contribution in [0.1, 0.15) is 37.0 Å². The van der Waals surface area contributed by atoms with Crippen LogP contribution >= 0.6 is 0 Å². The summed E-state index contributed by atoms with van der Waals surface area (Å²) in [4.78, 5) is 17.0. The summed E-state index contributed by atoms with van der Waals surface area (Å²) in [6.45, 7) is 10.9. The van der Waals surface area contributed by atoms with E-state index in [4.69, 9.17) is 5.73 Å². The Morgan fingerprint density at radius 3 is 2.38 bits per heavy atom. The SMILES string of the molecule is CCc1nn(C)c(C(=O)N2CCN(CC(C)C)CC2)c1N. The largest absolute Gasteiger partial charge is 0.395 e. The van der Waals surface area contributed by atoms with Crippen LogP contribution in [0, 0.1) is 5.92 Å². The molecule has 0 aliphatic carbocycles. The molecule has 1 aromatic heterocycles. The maximum Gasteiger partial charge on any atom is 0.274 e. The first-order valence-corrected chi connectivity index (χ1v) is 7.77. The zero-order chi connectivity index (χ0) is 15.6. The van der Waals surface area contributed by atoms with E-state index in [1.54, 1.807) is 11.7 Å². The molecule has 0 unspecified atom stereocenters. The quantitative estimate of drug-likeness (QED) is 0.898. The minimum atomic E-state index is 0.00592. The molecular weight excluding hydrogens is 266 g/mol. The van der Waals surface area contributed by atoms with Crippen molar-refractivity contribution >= 4 is 11.6 Å². The molecule has 1 amide bonds. The summed E-state index contributed by atoms with van der Waals surface area (Å²) < 4.78 is 1.62. The highest BCUT2D eigenvalue weighted by atomic mass is 16.2. The van der Waals surface area contributed by atoms with Gasteiger partial charge in [0.15, 0.2) is 0 Å². The van der Waals surface area contributed by atoms with E-state index in [-0.39, 0.29) is 5.91 Å². The number of aromatic nitrogens is 2. The lowest BCUT2D eigenvalue weighted by atomic mass is 10.2. The van der Waals surface area contributed by atoms with E-state index in [2.05, 4.69) is 23.8 Å². The average molecular weight is 293 g/mol. The Morgan fingerprint density at radius 2 is 1.90 bits per heavy atom. The average Bonchev–Trinajstić information content (AvgIpc) is 2.73. The predicted molar refractivity (Wildman–Crippen MR) is 84.2 cm³/mol. The van der Waals surface area contributed by atoms with Crippen molar-refractivity contribution in [1.29, 1.82) is 0 Å². The summed E-state index contributed by atoms with van der Waals surface area (Å²) in [6, 6.07) is 0. The number of piperazine rings is 1. The van der Waals surface area contributed by atoms with Gasteiger partial charge in [-0.15, -0.1) is 0 Å². The second-order valence-electron chi connectivity index (χ2n) is 6.17. The summed E-state index contributed by atoms with van der Waals surface area (Å²) in [7, 11) is 1.79. The van der Waals surface area contributed by atoms with Crippen molar-refractivity contribution in [3.05, 3.63) is 11.4 Å². The molecule has 21 heavy (non-hydrogen) atoms. The number of nitrogens with zero attached hydrogens (tertiary/aromatic N) is 4. The number of nitrogens with two attached hydrogens (primary N) is 1. The van der Waals surface area contributed by atoms with Gasteiger partial charge in [-0.1, -0.05) is 20.8 Å². The van der Waals surface area contributed by atoms with Crippen molar-refractivity contribution < 1.29 is 4.79 Å². The third-order valence-electron chi connectivity index (χ3n) is 3.98. The summed E-state index contributed by atoms with van der Waals surface area (Å²) in [5.74, 6) is 0.665. The van der Waals surface area contributed by atoms with Gasteiger partial charge in [0.25, 0.3) is 5.91 Å². The minimum absolute atomic E-state index is 0.00592. The third kappa shape index (κ3) is 3.37. The number of hydrogen-bond acceptors (Lipinski definition) is 4. The Kier molecular flexibility index (Phi) is 4.88. The van der Waals surface area contributed by atoms with Crippen LogP contribution in [0.15, 0.2) is 0 Å². The van der Waals surface area contributed by atoms with Crippen molar-refractivity contribution in [3.63, 3.8) is 0 Å². The molecule has 1 fully saturated rings. The van der Waals surface area contributed by atoms with E-state index in [9.17, 15) is 4.79 Å². The molecule has 0 saturated carbocycles. The maximum absolute atomic E-state index is 12.7. The van der Waals surface area contributed by atoms with Crippen LogP contribution in [-0.2, 0) is 13.5 Å². The Morgan fingerprint density at radius 1 is 1.29 bits per heavy atom. The third-order valence-corrected chi connectivity index (χ3v) is 3.98. The summed E-state index contributed by atoms with van der Waals surface area (Å²) in [6.07, 6.45) is 0.745. The van der Waals surface area contributed by atoms with Gasteiger partial charge in [-0.3, -0.25) is 14.4 Å². The molecule has 6 heteroatoms. The molecule has 1 aromatic rings. The smallest absolute Gasteiger partial charge is 0.274 e. The van der Waals surface area contributed by atoms with E-state index < -0.39 is 0 Å². The molecule has 2 heterocycles. The number of carbonyl (C=O) groups excluding carboxylic acids is 1. The summed E-state index contributed by atoms with van der Waals surface area (Å²) >= 11 is 0. The molecule has 0 bridgehead atoms. The molecule has 118 valence electrons. The van der Waals surface area contributed by atoms with E-state index >= 15 is 0 Å². The van der Waals surface area contributed by atoms with Crippen LogP contribution in [-0.4, -0.2) is 58.2 Å². The number of rotatable bonds is 4. The molecule has 1 aliphatic rings. The number of amides is 1. The first-order chi connectivity index (χ1) is 9.93. The monoisotopic (exact) mass is 293 g/mol. The lowest BCUT2D eigenvalue weighted by Crippen LogP contribution is -2.49. The van der Waals surface area contributed by atoms with Crippen LogP contribution in [0.3, 0.4) is 0 Å². The van der Waals surface area contributed by atoms with Gasteiger partial charge in [-0.2, -0.15) is 5.10 Å². The lowest BCUT2D eigenvalue weighted by molar-refractivity contribution is 0.0614. The Labute approximate surface area is 126 Å². The van der Waals surface area contributed by atoms with Gasteiger partial charge in [-0.05, 0) is 12.3 Å². The van der Waals surface area contributed by atoms with E-state index in [1.807, 2.05) is 11.8 Å². The first kappa shape index (κ1) is 15.8. The molecule has 0 spiro atoms. The first-order valence-electron chi connectivity index (χ1n) is 7.77. The zero-order valence-electron chi connectivity index (χ0n) is 13.6. The molecule has 1 saturated heterocycles. The fourth-order valence-electron chi connectivity index (χ4n) is 2.91. The lowest BCUT2D eigenvalue weighted by Gasteiger charge is -2.35. The van der Waals surface area contributed by atoms with Gasteiger partial charge in [0.2, 0.25) is 0 Å². The van der Waals surface area contributed by atoms with Crippen molar-refractivity contribution in [2.24, 2.45) is 13.0 Å². The van der Waals surface area contributed by atoms with Gasteiger partial charge >= 0.3 is 0 Å². The van der Waals surface area contributed by atoms with Crippen LogP contribution in [0.2, 0.25) is 0 Å². The highest BCUT2D eigenvalue weighted by Crippen LogP contribution is 2.19. The molecule has 0 radical (unpaired) electrons. The van der Waals surface area contributed by atoms with Gasteiger partial charge < -0.3 is 10.6 Å². The fraction of sp³-hybridized carbons (Fsp3) is 0.733. The standard InChI is InChI=1S/C15H27N5O/c1-5-12-13(16)14(18(4)17-12)15(21)20-8-6-19(7-9-20)10-11(2)3/h11H,5-10,16H2,1-4H3. The number of hydrogen-bond donors (Lipinski definition) is 1. The van der Waals surface area contributed by atoms with Crippen LogP contribution < -0.4 is 5.73 Å². The normalized spacial score (nSPS) is 16.7. The Hall–Kier alpha value is -1.56. The number of anilines is 1. The van der Waals surface area contributed by atoms with Crippen molar-refractivity contribution in [3.8, 4) is 0 Å².